The van der Waals surface area contributed by atoms with E-state index in [1.165, 1.54) is 16.8 Å². The number of halogens is 1. The van der Waals surface area contributed by atoms with Gasteiger partial charge in [-0.1, -0.05) is 0 Å². The van der Waals surface area contributed by atoms with Gasteiger partial charge in [-0.15, -0.1) is 0 Å². The van der Waals surface area contributed by atoms with E-state index >= 15 is 0 Å². The highest BCUT2D eigenvalue weighted by Gasteiger charge is 2.11. The van der Waals surface area contributed by atoms with Gasteiger partial charge < -0.3 is 0 Å². The molecule has 1 aromatic carbocycles. The molecule has 0 aliphatic carbocycles. The van der Waals surface area contributed by atoms with Crippen LogP contribution < -0.4 is 5.56 Å². The Bertz CT molecular complexity index is 578. The highest BCUT2D eigenvalue weighted by Crippen LogP contribution is 2.10. The first-order chi connectivity index (χ1) is 7.52. The molecule has 0 bridgehead atoms. The third-order valence-corrected chi connectivity index (χ3v) is 2.91. The van der Waals surface area contributed by atoms with E-state index in [1.807, 2.05) is 14.0 Å². The fourth-order valence-electron chi connectivity index (χ4n) is 1.72. The van der Waals surface area contributed by atoms with Crippen LogP contribution in [0.3, 0.4) is 0 Å². The lowest BCUT2D eigenvalue weighted by Crippen LogP contribution is -2.20. The minimum atomic E-state index is -0.306. The molecule has 16 heavy (non-hydrogen) atoms. The lowest BCUT2D eigenvalue weighted by atomic mass is 10.3. The Balaban J connectivity index is 2.70. The third kappa shape index (κ3) is 1.46. The molecule has 0 fully saturated rings. The predicted molar refractivity (Wildman–Crippen MR) is 60.4 cm³/mol. The summed E-state index contributed by atoms with van der Waals surface area (Å²) in [6, 6.07) is 5.88. The van der Waals surface area contributed by atoms with Crippen molar-refractivity contribution in [2.24, 2.45) is 7.05 Å². The van der Waals surface area contributed by atoms with E-state index < -0.39 is 0 Å². The Labute approximate surface area is 92.7 Å². The molecular weight excluding hydrogens is 207 g/mol. The van der Waals surface area contributed by atoms with E-state index in [9.17, 15) is 9.18 Å². The molecule has 4 heteroatoms. The summed E-state index contributed by atoms with van der Waals surface area (Å²) in [6.07, 6.45) is 0. The molecule has 0 saturated carbocycles. The summed E-state index contributed by atoms with van der Waals surface area (Å²) in [5, 5.41) is 0. The van der Waals surface area contributed by atoms with Crippen LogP contribution in [0.4, 0.5) is 4.39 Å². The third-order valence-electron chi connectivity index (χ3n) is 2.91. The van der Waals surface area contributed by atoms with Crippen LogP contribution in [0.1, 0.15) is 11.3 Å². The summed E-state index contributed by atoms with van der Waals surface area (Å²) in [5.41, 5.74) is 2.23. The maximum atomic E-state index is 12.8. The van der Waals surface area contributed by atoms with Gasteiger partial charge in [0.2, 0.25) is 0 Å². The van der Waals surface area contributed by atoms with E-state index in [4.69, 9.17) is 0 Å². The van der Waals surface area contributed by atoms with E-state index in [1.54, 1.807) is 23.7 Å². The van der Waals surface area contributed by atoms with Crippen molar-refractivity contribution in [1.82, 2.24) is 9.36 Å². The molecule has 0 saturated heterocycles. The van der Waals surface area contributed by atoms with Gasteiger partial charge in [-0.2, -0.15) is 0 Å². The van der Waals surface area contributed by atoms with Crippen LogP contribution in [0.2, 0.25) is 0 Å². The van der Waals surface area contributed by atoms with Crippen molar-refractivity contribution in [3.63, 3.8) is 0 Å². The van der Waals surface area contributed by atoms with Gasteiger partial charge in [0.1, 0.15) is 5.82 Å². The molecule has 1 aromatic heterocycles. The van der Waals surface area contributed by atoms with Crippen LogP contribution in [0.5, 0.6) is 0 Å². The zero-order valence-electron chi connectivity index (χ0n) is 9.49. The number of benzene rings is 1. The number of rotatable bonds is 1. The molecule has 0 aliphatic rings. The molecule has 2 aromatic rings. The molecule has 1 heterocycles. The average Bonchev–Trinajstić information content (AvgIpc) is 2.46. The van der Waals surface area contributed by atoms with Gasteiger partial charge in [0, 0.05) is 18.3 Å². The minimum absolute atomic E-state index is 0.0633. The summed E-state index contributed by atoms with van der Waals surface area (Å²) in [5.74, 6) is -0.306. The Morgan fingerprint density at radius 1 is 1.12 bits per heavy atom. The first kappa shape index (κ1) is 10.7. The highest BCUT2D eigenvalue weighted by atomic mass is 19.1. The van der Waals surface area contributed by atoms with Gasteiger partial charge in [0.15, 0.2) is 0 Å². The Morgan fingerprint density at radius 3 is 2.12 bits per heavy atom. The fourth-order valence-corrected chi connectivity index (χ4v) is 1.72. The molecule has 2 rings (SSSR count). The molecule has 3 nitrogen and oxygen atoms in total. The monoisotopic (exact) mass is 220 g/mol. The van der Waals surface area contributed by atoms with Gasteiger partial charge in [-0.3, -0.25) is 9.48 Å². The van der Waals surface area contributed by atoms with Crippen molar-refractivity contribution in [2.45, 2.75) is 13.8 Å². The summed E-state index contributed by atoms with van der Waals surface area (Å²) < 4.78 is 16.1. The number of aromatic nitrogens is 2. The van der Waals surface area contributed by atoms with E-state index in [0.717, 1.165) is 5.69 Å². The van der Waals surface area contributed by atoms with Crippen LogP contribution in [0.15, 0.2) is 29.1 Å². The summed E-state index contributed by atoms with van der Waals surface area (Å²) in [7, 11) is 1.81. The maximum Gasteiger partial charge on any atom is 0.274 e. The molecule has 0 spiro atoms. The van der Waals surface area contributed by atoms with Crippen molar-refractivity contribution in [3.05, 3.63) is 51.7 Å². The van der Waals surface area contributed by atoms with Gasteiger partial charge in [0.25, 0.3) is 5.56 Å². The quantitative estimate of drug-likeness (QED) is 0.721. The molecule has 0 atom stereocenters. The van der Waals surface area contributed by atoms with Crippen LogP contribution in [-0.2, 0) is 7.05 Å². The van der Waals surface area contributed by atoms with Crippen LogP contribution >= 0.6 is 0 Å². The molecule has 0 aliphatic heterocycles. The smallest absolute Gasteiger partial charge is 0.274 e. The number of nitrogens with zero attached hydrogens (tertiary/aromatic N) is 2. The maximum absolute atomic E-state index is 12.8. The van der Waals surface area contributed by atoms with Crippen molar-refractivity contribution < 1.29 is 4.39 Å². The second kappa shape index (κ2) is 3.63. The highest BCUT2D eigenvalue weighted by molar-refractivity contribution is 5.33. The summed E-state index contributed by atoms with van der Waals surface area (Å²) in [6.45, 7) is 3.68. The molecule has 84 valence electrons. The van der Waals surface area contributed by atoms with Crippen molar-refractivity contribution in [3.8, 4) is 5.69 Å². The Kier molecular flexibility index (Phi) is 2.42. The van der Waals surface area contributed by atoms with Crippen LogP contribution in [0.25, 0.3) is 5.69 Å². The van der Waals surface area contributed by atoms with Crippen LogP contribution in [0, 0.1) is 19.7 Å². The van der Waals surface area contributed by atoms with Gasteiger partial charge in [-0.05, 0) is 38.1 Å². The largest absolute Gasteiger partial charge is 0.285 e. The number of hydrogen-bond acceptors (Lipinski definition) is 1. The summed E-state index contributed by atoms with van der Waals surface area (Å²) >= 11 is 0. The Hall–Kier alpha value is -1.84. The average molecular weight is 220 g/mol. The zero-order valence-corrected chi connectivity index (χ0v) is 9.49. The van der Waals surface area contributed by atoms with Gasteiger partial charge in [-0.25, -0.2) is 9.07 Å². The predicted octanol–water partition coefficient (Wildman–Crippen LogP) is 1.93. The summed E-state index contributed by atoms with van der Waals surface area (Å²) in [4.78, 5) is 11.9. The SMILES string of the molecule is Cc1c(C)n(C)n(-c2ccc(F)cc2)c1=O. The second-order valence-electron chi connectivity index (χ2n) is 3.83. The van der Waals surface area contributed by atoms with Crippen molar-refractivity contribution in [2.75, 3.05) is 0 Å². The Morgan fingerprint density at radius 2 is 1.69 bits per heavy atom. The molecule has 0 amide bonds. The molecule has 0 radical (unpaired) electrons. The van der Waals surface area contributed by atoms with Gasteiger partial charge in [0.05, 0.1) is 5.69 Å². The van der Waals surface area contributed by atoms with Crippen LogP contribution in [-0.4, -0.2) is 9.36 Å². The first-order valence-corrected chi connectivity index (χ1v) is 5.03. The minimum Gasteiger partial charge on any atom is -0.285 e. The first-order valence-electron chi connectivity index (χ1n) is 5.03. The van der Waals surface area contributed by atoms with E-state index in [0.29, 0.717) is 11.3 Å². The second-order valence-corrected chi connectivity index (χ2v) is 3.83. The van der Waals surface area contributed by atoms with E-state index in [2.05, 4.69) is 0 Å². The fraction of sp³-hybridized carbons (Fsp3) is 0.250. The molecule has 0 unspecified atom stereocenters. The molecule has 0 N–H and O–H groups in total. The van der Waals surface area contributed by atoms with Gasteiger partial charge >= 0.3 is 0 Å². The van der Waals surface area contributed by atoms with Crippen molar-refractivity contribution >= 4 is 0 Å². The number of hydrogen-bond donors (Lipinski definition) is 0. The topological polar surface area (TPSA) is 26.9 Å². The lowest BCUT2D eigenvalue weighted by molar-refractivity contribution is 0.615. The zero-order chi connectivity index (χ0) is 11.9. The van der Waals surface area contributed by atoms with Crippen molar-refractivity contribution in [1.29, 1.82) is 0 Å². The normalized spacial score (nSPS) is 10.8. The van der Waals surface area contributed by atoms with E-state index in [-0.39, 0.29) is 11.4 Å². The molecular formula is C12H13FN2O. The standard InChI is InChI=1S/C12H13FN2O/c1-8-9(2)14(3)15(12(8)16)11-6-4-10(13)5-7-11/h4-7H,1-3H3. The lowest BCUT2D eigenvalue weighted by Gasteiger charge is -2.07.